The van der Waals surface area contributed by atoms with Crippen LogP contribution in [0, 0.1) is 6.92 Å². The molecule has 0 saturated carbocycles. The Morgan fingerprint density at radius 3 is 2.38 bits per heavy atom. The molecule has 0 aliphatic rings. The molecule has 2 amide bonds. The molecule has 0 aliphatic carbocycles. The zero-order valence-electron chi connectivity index (χ0n) is 18.7. The number of hydrogen-bond donors (Lipinski definition) is 2. The third-order valence-corrected chi connectivity index (χ3v) is 5.64. The van der Waals surface area contributed by atoms with Crippen molar-refractivity contribution in [3.05, 3.63) is 92.4 Å². The summed E-state index contributed by atoms with van der Waals surface area (Å²) in [6.45, 7) is 5.22. The van der Waals surface area contributed by atoms with Crippen molar-refractivity contribution in [2.75, 3.05) is 5.32 Å². The Morgan fingerprint density at radius 2 is 1.68 bits per heavy atom. The highest BCUT2D eigenvalue weighted by atomic mass is 35.5. The molecule has 3 aromatic carbocycles. The van der Waals surface area contributed by atoms with Gasteiger partial charge in [-0.05, 0) is 80.4 Å². The molecule has 0 spiro atoms. The number of hydrogen-bond acceptors (Lipinski definition) is 4. The quantitative estimate of drug-likeness (QED) is 0.276. The fourth-order valence-electron chi connectivity index (χ4n) is 2.98. The summed E-state index contributed by atoms with van der Waals surface area (Å²) in [5.74, 6) is -0.210. The van der Waals surface area contributed by atoms with E-state index in [0.717, 1.165) is 5.56 Å². The van der Waals surface area contributed by atoms with E-state index in [1.165, 1.54) is 6.07 Å². The highest BCUT2D eigenvalue weighted by Gasteiger charge is 2.16. The van der Waals surface area contributed by atoms with Crippen LogP contribution in [-0.2, 0) is 4.79 Å². The van der Waals surface area contributed by atoms with E-state index in [-0.39, 0.29) is 10.9 Å². The number of carbonyl (C=O) groups is 2. The van der Waals surface area contributed by atoms with Crippen LogP contribution < -0.4 is 15.5 Å². The smallest absolute Gasteiger partial charge is 0.280 e. The lowest BCUT2D eigenvalue weighted by Crippen LogP contribution is -2.34. The summed E-state index contributed by atoms with van der Waals surface area (Å²) >= 11 is 18.0. The molecule has 1 unspecified atom stereocenters. The summed E-state index contributed by atoms with van der Waals surface area (Å²) < 4.78 is 5.72. The van der Waals surface area contributed by atoms with Crippen LogP contribution in [0.15, 0.2) is 65.8 Å². The van der Waals surface area contributed by atoms with Crippen LogP contribution in [-0.4, -0.2) is 23.6 Å². The van der Waals surface area contributed by atoms with Crippen LogP contribution in [0.2, 0.25) is 15.1 Å². The van der Waals surface area contributed by atoms with Crippen molar-refractivity contribution >= 4 is 58.0 Å². The van der Waals surface area contributed by atoms with Crippen molar-refractivity contribution in [3.63, 3.8) is 0 Å². The van der Waals surface area contributed by atoms with E-state index >= 15 is 0 Å². The average molecular weight is 519 g/mol. The number of nitrogens with one attached hydrogen (secondary N) is 2. The number of halogens is 3. The van der Waals surface area contributed by atoms with Gasteiger partial charge in [-0.25, -0.2) is 5.43 Å². The molecule has 3 rings (SSSR count). The zero-order valence-corrected chi connectivity index (χ0v) is 20.9. The molecule has 0 aliphatic heterocycles. The van der Waals surface area contributed by atoms with E-state index in [4.69, 9.17) is 39.5 Å². The lowest BCUT2D eigenvalue weighted by Gasteiger charge is -2.15. The fourth-order valence-corrected chi connectivity index (χ4v) is 3.70. The van der Waals surface area contributed by atoms with Crippen molar-refractivity contribution in [2.24, 2.45) is 5.10 Å². The summed E-state index contributed by atoms with van der Waals surface area (Å²) in [6.07, 6.45) is -0.772. The third kappa shape index (κ3) is 6.73. The van der Waals surface area contributed by atoms with Gasteiger partial charge >= 0.3 is 0 Å². The SMILES string of the molecule is CC(=NNC(=O)C(C)Oc1ccc(Cl)cc1C)c1cccc(NC(=O)c2ccc(Cl)cc2Cl)c1. The number of aryl methyl sites for hydroxylation is 1. The number of carbonyl (C=O) groups excluding carboxylic acids is 2. The summed E-state index contributed by atoms with van der Waals surface area (Å²) in [5.41, 5.74) is 5.44. The number of rotatable bonds is 7. The minimum atomic E-state index is -0.772. The molecule has 0 aromatic heterocycles. The van der Waals surface area contributed by atoms with E-state index in [9.17, 15) is 9.59 Å². The van der Waals surface area contributed by atoms with Gasteiger partial charge in [0.25, 0.3) is 11.8 Å². The van der Waals surface area contributed by atoms with Crippen molar-refractivity contribution < 1.29 is 14.3 Å². The Kier molecular flexibility index (Phi) is 8.56. The molecule has 1 atom stereocenters. The van der Waals surface area contributed by atoms with Crippen molar-refractivity contribution in [2.45, 2.75) is 26.9 Å². The first-order valence-corrected chi connectivity index (χ1v) is 11.4. The molecule has 34 heavy (non-hydrogen) atoms. The Labute approximate surface area is 212 Å². The molecule has 6 nitrogen and oxygen atoms in total. The van der Waals surface area contributed by atoms with Crippen molar-refractivity contribution in [3.8, 4) is 5.75 Å². The van der Waals surface area contributed by atoms with Crippen LogP contribution in [0.25, 0.3) is 0 Å². The van der Waals surface area contributed by atoms with Gasteiger partial charge in [-0.2, -0.15) is 5.10 Å². The lowest BCUT2D eigenvalue weighted by molar-refractivity contribution is -0.127. The summed E-state index contributed by atoms with van der Waals surface area (Å²) in [7, 11) is 0. The van der Waals surface area contributed by atoms with E-state index in [1.807, 2.05) is 13.0 Å². The Hall–Kier alpha value is -3.06. The monoisotopic (exact) mass is 517 g/mol. The Balaban J connectivity index is 1.64. The van der Waals surface area contributed by atoms with Crippen LogP contribution in [0.3, 0.4) is 0 Å². The topological polar surface area (TPSA) is 79.8 Å². The van der Waals surface area contributed by atoms with Crippen LogP contribution in [0.1, 0.15) is 35.3 Å². The molecule has 0 radical (unpaired) electrons. The zero-order chi connectivity index (χ0) is 24.8. The first-order chi connectivity index (χ1) is 16.1. The molecule has 2 N–H and O–H groups in total. The maximum Gasteiger partial charge on any atom is 0.280 e. The molecule has 9 heteroatoms. The summed E-state index contributed by atoms with van der Waals surface area (Å²) in [5, 5.41) is 8.25. The van der Waals surface area contributed by atoms with Gasteiger partial charge in [0, 0.05) is 15.7 Å². The van der Waals surface area contributed by atoms with Gasteiger partial charge in [-0.1, -0.05) is 46.9 Å². The number of ether oxygens (including phenoxy) is 1. The maximum atomic E-state index is 12.6. The molecule has 176 valence electrons. The second kappa shape index (κ2) is 11.4. The van der Waals surface area contributed by atoms with Crippen LogP contribution in [0.4, 0.5) is 5.69 Å². The average Bonchev–Trinajstić information content (AvgIpc) is 2.79. The highest BCUT2D eigenvalue weighted by Crippen LogP contribution is 2.24. The van der Waals surface area contributed by atoms with Gasteiger partial charge in [0.15, 0.2) is 6.10 Å². The second-order valence-corrected chi connectivity index (χ2v) is 8.78. The molecular formula is C25H22Cl3N3O3. The minimum Gasteiger partial charge on any atom is -0.481 e. The molecule has 0 fully saturated rings. The minimum absolute atomic E-state index is 0.256. The van der Waals surface area contributed by atoms with Gasteiger partial charge < -0.3 is 10.1 Å². The maximum absolute atomic E-state index is 12.6. The molecule has 3 aromatic rings. The van der Waals surface area contributed by atoms with Gasteiger partial charge in [0.2, 0.25) is 0 Å². The normalized spacial score (nSPS) is 12.1. The fraction of sp³-hybridized carbons (Fsp3) is 0.160. The van der Waals surface area contributed by atoms with Gasteiger partial charge in [-0.3, -0.25) is 9.59 Å². The van der Waals surface area contributed by atoms with Gasteiger partial charge in [0.1, 0.15) is 5.75 Å². The first-order valence-electron chi connectivity index (χ1n) is 10.3. The van der Waals surface area contributed by atoms with Gasteiger partial charge in [0.05, 0.1) is 16.3 Å². The standard InChI is InChI=1S/C25H22Cl3N3O3/c1-14-11-18(26)8-10-23(14)34-16(3)24(32)31-30-15(2)17-5-4-6-20(12-17)29-25(33)21-9-7-19(27)13-22(21)28/h4-13,16H,1-3H3,(H,29,33)(H,31,32). The van der Waals surface area contributed by atoms with Gasteiger partial charge in [-0.15, -0.1) is 0 Å². The molecule has 0 saturated heterocycles. The number of nitrogens with zero attached hydrogens (tertiary/aromatic N) is 1. The highest BCUT2D eigenvalue weighted by molar-refractivity contribution is 6.37. The van der Waals surface area contributed by atoms with E-state index in [0.29, 0.717) is 38.3 Å². The molecule has 0 heterocycles. The molecular weight excluding hydrogens is 497 g/mol. The lowest BCUT2D eigenvalue weighted by atomic mass is 10.1. The predicted octanol–water partition coefficient (Wildman–Crippen LogP) is 6.52. The van der Waals surface area contributed by atoms with E-state index < -0.39 is 12.0 Å². The van der Waals surface area contributed by atoms with Crippen LogP contribution >= 0.6 is 34.8 Å². The van der Waals surface area contributed by atoms with Crippen molar-refractivity contribution in [1.29, 1.82) is 0 Å². The number of amides is 2. The van der Waals surface area contributed by atoms with E-state index in [1.54, 1.807) is 62.4 Å². The number of hydrazone groups is 1. The third-order valence-electron chi connectivity index (χ3n) is 4.86. The van der Waals surface area contributed by atoms with E-state index in [2.05, 4.69) is 15.8 Å². The van der Waals surface area contributed by atoms with Crippen LogP contribution in [0.5, 0.6) is 5.75 Å². The number of benzene rings is 3. The Bertz CT molecular complexity index is 1260. The largest absolute Gasteiger partial charge is 0.481 e. The molecule has 0 bridgehead atoms. The predicted molar refractivity (Wildman–Crippen MR) is 137 cm³/mol. The van der Waals surface area contributed by atoms with Crippen molar-refractivity contribution in [1.82, 2.24) is 5.43 Å². The summed E-state index contributed by atoms with van der Waals surface area (Å²) in [4.78, 5) is 25.0. The first kappa shape index (κ1) is 25.6. The number of anilines is 1. The second-order valence-electron chi connectivity index (χ2n) is 7.50. The summed E-state index contributed by atoms with van der Waals surface area (Å²) in [6, 6.07) is 16.9. The Morgan fingerprint density at radius 1 is 0.971 bits per heavy atom.